The molecule has 1 aliphatic heterocycles. The highest BCUT2D eigenvalue weighted by Crippen LogP contribution is 2.15. The van der Waals surface area contributed by atoms with Gasteiger partial charge in [0, 0.05) is 11.8 Å². The van der Waals surface area contributed by atoms with Gasteiger partial charge in [-0.1, -0.05) is 6.07 Å². The quantitative estimate of drug-likeness (QED) is 0.814. The average Bonchev–Trinajstić information content (AvgIpc) is 3.01. The number of hydrogen-bond acceptors (Lipinski definition) is 5. The van der Waals surface area contributed by atoms with Gasteiger partial charge in [-0.2, -0.15) is 0 Å². The van der Waals surface area contributed by atoms with E-state index in [-0.39, 0.29) is 24.4 Å². The third kappa shape index (κ3) is 3.51. The Balaban J connectivity index is 1.66. The number of likely N-dealkylation sites (tertiary alicyclic amines) is 1. The van der Waals surface area contributed by atoms with Gasteiger partial charge >= 0.3 is 5.97 Å². The molecule has 2 heterocycles. The maximum atomic E-state index is 13.2. The highest BCUT2D eigenvalue weighted by Gasteiger charge is 2.38. The number of nitrogens with one attached hydrogen (secondary N) is 1. The summed E-state index contributed by atoms with van der Waals surface area (Å²) in [6.45, 7) is -0.746. The molecule has 1 aromatic carbocycles. The molecule has 26 heavy (non-hydrogen) atoms. The Morgan fingerprint density at radius 1 is 1.27 bits per heavy atom. The Labute approximate surface area is 146 Å². The second-order valence-electron chi connectivity index (χ2n) is 5.83. The Bertz CT molecular complexity index is 930. The fraction of sp³-hybridized carbons (Fsp3) is 0.235. The lowest BCUT2D eigenvalue weighted by atomic mass is 10.2. The van der Waals surface area contributed by atoms with E-state index < -0.39 is 36.2 Å². The minimum absolute atomic E-state index is 0.0317. The number of amides is 2. The number of halogens is 1. The van der Waals surface area contributed by atoms with Gasteiger partial charge in [-0.25, -0.2) is 14.2 Å². The molecule has 0 spiro atoms. The van der Waals surface area contributed by atoms with Crippen molar-refractivity contribution in [1.82, 2.24) is 15.2 Å². The van der Waals surface area contributed by atoms with Gasteiger partial charge in [0.05, 0.1) is 18.6 Å². The average molecular weight is 359 g/mol. The molecule has 0 radical (unpaired) electrons. The van der Waals surface area contributed by atoms with Crippen LogP contribution in [0.4, 0.5) is 4.39 Å². The number of aliphatic carboxylic acids is 1. The van der Waals surface area contributed by atoms with E-state index in [1.54, 1.807) is 0 Å². The van der Waals surface area contributed by atoms with Crippen molar-refractivity contribution in [2.75, 3.05) is 13.1 Å². The van der Waals surface area contributed by atoms with Gasteiger partial charge in [0.25, 0.3) is 5.91 Å². The van der Waals surface area contributed by atoms with Crippen molar-refractivity contribution in [3.63, 3.8) is 0 Å². The summed E-state index contributed by atoms with van der Waals surface area (Å²) >= 11 is 0. The number of carboxylic acids is 1. The van der Waals surface area contributed by atoms with E-state index in [1.807, 2.05) is 0 Å². The first kappa shape index (κ1) is 17.5. The van der Waals surface area contributed by atoms with Crippen LogP contribution in [0.15, 0.2) is 30.3 Å². The largest absolute Gasteiger partial charge is 0.480 e. The molecule has 2 N–H and O–H groups in total. The van der Waals surface area contributed by atoms with E-state index in [2.05, 4.69) is 10.3 Å². The molecule has 1 aliphatic rings. The molecule has 9 heteroatoms. The third-order valence-corrected chi connectivity index (χ3v) is 4.03. The minimum atomic E-state index is -1.26. The standard InChI is InChI=1S/C17H14FN3O5/c18-10-2-4-12-9(5-10)1-3-13(20-12)16(24)19-7-15(23)21-8-11(22)6-14(21)17(25)26/h1-5,14H,6-8H2,(H,19,24)(H,25,26)/t14-/m0/s1. The monoisotopic (exact) mass is 359 g/mol. The van der Waals surface area contributed by atoms with Gasteiger partial charge in [-0.3, -0.25) is 14.4 Å². The first-order valence-electron chi connectivity index (χ1n) is 7.73. The van der Waals surface area contributed by atoms with Crippen molar-refractivity contribution in [2.45, 2.75) is 12.5 Å². The summed E-state index contributed by atoms with van der Waals surface area (Å²) in [6, 6.07) is 5.64. The van der Waals surface area contributed by atoms with Crippen LogP contribution in [0, 0.1) is 5.82 Å². The van der Waals surface area contributed by atoms with Crippen LogP contribution in [0.25, 0.3) is 10.9 Å². The molecular weight excluding hydrogens is 345 g/mol. The molecular formula is C17H14FN3O5. The van der Waals surface area contributed by atoms with Crippen molar-refractivity contribution < 1.29 is 28.7 Å². The number of carboxylic acid groups (broad SMARTS) is 1. The van der Waals surface area contributed by atoms with Crippen LogP contribution in [0.1, 0.15) is 16.9 Å². The summed E-state index contributed by atoms with van der Waals surface area (Å²) in [5.74, 6) is -3.34. The van der Waals surface area contributed by atoms with E-state index >= 15 is 0 Å². The maximum Gasteiger partial charge on any atom is 0.326 e. The van der Waals surface area contributed by atoms with Gasteiger partial charge in [0.2, 0.25) is 5.91 Å². The van der Waals surface area contributed by atoms with Crippen LogP contribution in [-0.2, 0) is 14.4 Å². The lowest BCUT2D eigenvalue weighted by molar-refractivity contribution is -0.147. The molecule has 0 aliphatic carbocycles. The molecule has 2 amide bonds. The first-order chi connectivity index (χ1) is 12.3. The molecule has 0 saturated carbocycles. The third-order valence-electron chi connectivity index (χ3n) is 4.03. The van der Waals surface area contributed by atoms with Gasteiger partial charge in [0.15, 0.2) is 5.78 Å². The molecule has 3 rings (SSSR count). The second-order valence-corrected chi connectivity index (χ2v) is 5.83. The van der Waals surface area contributed by atoms with Crippen molar-refractivity contribution in [3.8, 4) is 0 Å². The second kappa shape index (κ2) is 6.87. The topological polar surface area (TPSA) is 117 Å². The SMILES string of the molecule is O=C1C[C@@H](C(=O)O)N(C(=O)CNC(=O)c2ccc3cc(F)ccc3n2)C1. The molecule has 134 valence electrons. The van der Waals surface area contributed by atoms with E-state index in [9.17, 15) is 23.6 Å². The Morgan fingerprint density at radius 3 is 2.77 bits per heavy atom. The van der Waals surface area contributed by atoms with Gasteiger partial charge < -0.3 is 15.3 Å². The van der Waals surface area contributed by atoms with Crippen molar-refractivity contribution >= 4 is 34.5 Å². The van der Waals surface area contributed by atoms with Crippen LogP contribution in [0.5, 0.6) is 0 Å². The number of rotatable bonds is 4. The predicted octanol–water partition coefficient (Wildman–Crippen LogP) is 0.358. The van der Waals surface area contributed by atoms with E-state index in [4.69, 9.17) is 5.11 Å². The Kier molecular flexibility index (Phi) is 4.61. The number of carbonyl (C=O) groups is 4. The van der Waals surface area contributed by atoms with E-state index in [1.165, 1.54) is 30.3 Å². The Morgan fingerprint density at radius 2 is 2.04 bits per heavy atom. The van der Waals surface area contributed by atoms with Crippen molar-refractivity contribution in [1.29, 1.82) is 0 Å². The summed E-state index contributed by atoms with van der Waals surface area (Å²) in [5.41, 5.74) is 0.450. The minimum Gasteiger partial charge on any atom is -0.480 e. The van der Waals surface area contributed by atoms with E-state index in [0.29, 0.717) is 10.9 Å². The number of nitrogens with zero attached hydrogens (tertiary/aromatic N) is 2. The zero-order chi connectivity index (χ0) is 18.8. The highest BCUT2D eigenvalue weighted by molar-refractivity contribution is 6.00. The molecule has 0 bridgehead atoms. The summed E-state index contributed by atoms with van der Waals surface area (Å²) < 4.78 is 13.2. The normalized spacial score (nSPS) is 16.7. The van der Waals surface area contributed by atoms with Crippen molar-refractivity contribution in [2.24, 2.45) is 0 Å². The van der Waals surface area contributed by atoms with Crippen LogP contribution in [0.3, 0.4) is 0 Å². The van der Waals surface area contributed by atoms with Gasteiger partial charge in [-0.05, 0) is 24.3 Å². The summed E-state index contributed by atoms with van der Waals surface area (Å²) in [5, 5.41) is 11.9. The van der Waals surface area contributed by atoms with Gasteiger partial charge in [0.1, 0.15) is 17.6 Å². The number of Topliss-reactive ketones (excluding diaryl/α,β-unsaturated/α-hetero) is 1. The fourth-order valence-corrected chi connectivity index (χ4v) is 2.74. The Hall–Kier alpha value is -3.36. The molecule has 1 aromatic heterocycles. The van der Waals surface area contributed by atoms with E-state index in [0.717, 1.165) is 4.90 Å². The number of benzene rings is 1. The zero-order valence-electron chi connectivity index (χ0n) is 13.4. The fourth-order valence-electron chi connectivity index (χ4n) is 2.74. The van der Waals surface area contributed by atoms with Crippen LogP contribution in [-0.4, -0.2) is 57.7 Å². The summed E-state index contributed by atoms with van der Waals surface area (Å²) in [4.78, 5) is 51.8. The van der Waals surface area contributed by atoms with Crippen LogP contribution < -0.4 is 5.32 Å². The highest BCUT2D eigenvalue weighted by atomic mass is 19.1. The smallest absolute Gasteiger partial charge is 0.326 e. The molecule has 1 saturated heterocycles. The summed E-state index contributed by atoms with van der Waals surface area (Å²) in [6.07, 6.45) is -0.238. The number of hydrogen-bond donors (Lipinski definition) is 2. The lowest BCUT2D eigenvalue weighted by Gasteiger charge is -2.20. The number of carbonyl (C=O) groups excluding carboxylic acids is 3. The van der Waals surface area contributed by atoms with Crippen LogP contribution in [0.2, 0.25) is 0 Å². The molecule has 2 aromatic rings. The molecule has 8 nitrogen and oxygen atoms in total. The number of aromatic nitrogens is 1. The first-order valence-corrected chi connectivity index (χ1v) is 7.73. The number of pyridine rings is 1. The number of ketones is 1. The maximum absolute atomic E-state index is 13.2. The van der Waals surface area contributed by atoms with Gasteiger partial charge in [-0.15, -0.1) is 0 Å². The zero-order valence-corrected chi connectivity index (χ0v) is 13.4. The lowest BCUT2D eigenvalue weighted by Crippen LogP contribution is -2.45. The summed E-state index contributed by atoms with van der Waals surface area (Å²) in [7, 11) is 0. The molecule has 0 unspecified atom stereocenters. The molecule has 1 atom stereocenters. The molecule has 1 fully saturated rings. The number of fused-ring (bicyclic) bond motifs is 1. The predicted molar refractivity (Wildman–Crippen MR) is 86.8 cm³/mol. The van der Waals surface area contributed by atoms with Crippen molar-refractivity contribution in [3.05, 3.63) is 41.8 Å². The van der Waals surface area contributed by atoms with Crippen LogP contribution >= 0.6 is 0 Å².